The van der Waals surface area contributed by atoms with Crippen LogP contribution >= 0.6 is 11.6 Å². The molecule has 0 saturated heterocycles. The van der Waals surface area contributed by atoms with E-state index < -0.39 is 5.97 Å². The Kier molecular flexibility index (Phi) is 5.67. The third-order valence-electron chi connectivity index (χ3n) is 4.77. The molecule has 154 valence electrons. The SMILES string of the molecule is COC(=O)c1cccc(-c2cc(Cl)c3c(c2)C[C@@H](CNC(=O)Cn2cncn2)O3)c1. The van der Waals surface area contributed by atoms with Crippen molar-refractivity contribution in [3.63, 3.8) is 0 Å². The Morgan fingerprint density at radius 1 is 1.30 bits per heavy atom. The number of benzene rings is 2. The average Bonchev–Trinajstić information content (AvgIpc) is 3.41. The standard InChI is InChI=1S/C21H19ClN4O4/c1-29-21(28)14-4-2-3-13(5-14)15-6-16-7-17(30-20(16)18(22)8-15)9-24-19(27)10-26-12-23-11-25-26/h2-6,8,11-12,17H,7,9-10H2,1H3,(H,24,27)/t17-/m0/s1. The maximum atomic E-state index is 12.0. The Balaban J connectivity index is 1.44. The van der Waals surface area contributed by atoms with Gasteiger partial charge >= 0.3 is 5.97 Å². The van der Waals surface area contributed by atoms with Crippen LogP contribution in [0.1, 0.15) is 15.9 Å². The molecule has 0 unspecified atom stereocenters. The first-order chi connectivity index (χ1) is 14.5. The molecule has 1 N–H and O–H groups in total. The Labute approximate surface area is 177 Å². The van der Waals surface area contributed by atoms with Gasteiger partial charge in [-0.25, -0.2) is 14.5 Å². The minimum atomic E-state index is -0.394. The molecule has 0 aliphatic carbocycles. The summed E-state index contributed by atoms with van der Waals surface area (Å²) in [5, 5.41) is 7.24. The molecule has 1 atom stereocenters. The van der Waals surface area contributed by atoms with Crippen LogP contribution in [0.5, 0.6) is 5.75 Å². The predicted octanol–water partition coefficient (Wildman–Crippen LogP) is 2.51. The second-order valence-electron chi connectivity index (χ2n) is 6.86. The van der Waals surface area contributed by atoms with Crippen molar-refractivity contribution in [2.75, 3.05) is 13.7 Å². The van der Waals surface area contributed by atoms with Crippen LogP contribution in [0.4, 0.5) is 0 Å². The number of amides is 1. The number of rotatable bonds is 6. The van der Waals surface area contributed by atoms with E-state index in [0.717, 1.165) is 16.7 Å². The highest BCUT2D eigenvalue weighted by Crippen LogP contribution is 2.39. The zero-order valence-electron chi connectivity index (χ0n) is 16.2. The molecule has 1 aliphatic rings. The minimum Gasteiger partial charge on any atom is -0.486 e. The molecule has 30 heavy (non-hydrogen) atoms. The normalized spacial score (nSPS) is 14.7. The molecule has 2 aromatic carbocycles. The largest absolute Gasteiger partial charge is 0.486 e. The lowest BCUT2D eigenvalue weighted by Crippen LogP contribution is -2.36. The molecular weight excluding hydrogens is 408 g/mol. The number of esters is 1. The first-order valence-electron chi connectivity index (χ1n) is 9.30. The van der Waals surface area contributed by atoms with Crippen molar-refractivity contribution in [1.82, 2.24) is 20.1 Å². The van der Waals surface area contributed by atoms with E-state index in [1.54, 1.807) is 18.2 Å². The number of carbonyl (C=O) groups excluding carboxylic acids is 2. The van der Waals surface area contributed by atoms with Gasteiger partial charge in [0.1, 0.15) is 31.1 Å². The second-order valence-corrected chi connectivity index (χ2v) is 7.27. The predicted molar refractivity (Wildman–Crippen MR) is 109 cm³/mol. The Morgan fingerprint density at radius 3 is 2.93 bits per heavy atom. The number of fused-ring (bicyclic) bond motifs is 1. The summed E-state index contributed by atoms with van der Waals surface area (Å²) in [6.45, 7) is 0.451. The zero-order chi connectivity index (χ0) is 21.1. The summed E-state index contributed by atoms with van der Waals surface area (Å²) >= 11 is 6.45. The number of hydrogen-bond acceptors (Lipinski definition) is 6. The fraction of sp³-hybridized carbons (Fsp3) is 0.238. The van der Waals surface area contributed by atoms with E-state index in [1.807, 2.05) is 18.2 Å². The molecule has 0 spiro atoms. The number of aromatic nitrogens is 3. The topological polar surface area (TPSA) is 95.3 Å². The van der Waals surface area contributed by atoms with E-state index >= 15 is 0 Å². The van der Waals surface area contributed by atoms with Gasteiger partial charge in [-0.2, -0.15) is 5.10 Å². The van der Waals surface area contributed by atoms with Crippen LogP contribution in [0.3, 0.4) is 0 Å². The fourth-order valence-corrected chi connectivity index (χ4v) is 3.64. The molecule has 9 heteroatoms. The van der Waals surface area contributed by atoms with Crippen LogP contribution in [-0.4, -0.2) is 46.4 Å². The van der Waals surface area contributed by atoms with Crippen LogP contribution in [0.15, 0.2) is 49.1 Å². The highest BCUT2D eigenvalue weighted by Gasteiger charge is 2.26. The average molecular weight is 427 g/mol. The van der Waals surface area contributed by atoms with Gasteiger partial charge in [0.25, 0.3) is 0 Å². The fourth-order valence-electron chi connectivity index (χ4n) is 3.36. The molecule has 1 amide bonds. The molecule has 2 heterocycles. The van der Waals surface area contributed by atoms with Crippen molar-refractivity contribution in [2.45, 2.75) is 19.1 Å². The van der Waals surface area contributed by atoms with Crippen LogP contribution in [0, 0.1) is 0 Å². The molecule has 0 radical (unpaired) electrons. The summed E-state index contributed by atoms with van der Waals surface area (Å²) in [5.74, 6) is 0.0562. The van der Waals surface area contributed by atoms with Gasteiger partial charge in [-0.1, -0.05) is 23.7 Å². The first kappa shape index (κ1) is 19.9. The Hall–Kier alpha value is -3.39. The first-order valence-corrected chi connectivity index (χ1v) is 9.68. The van der Waals surface area contributed by atoms with E-state index in [0.29, 0.717) is 29.3 Å². The molecule has 1 aliphatic heterocycles. The van der Waals surface area contributed by atoms with Gasteiger partial charge in [0, 0.05) is 12.0 Å². The van der Waals surface area contributed by atoms with Crippen molar-refractivity contribution in [3.8, 4) is 16.9 Å². The van der Waals surface area contributed by atoms with Crippen molar-refractivity contribution in [2.24, 2.45) is 0 Å². The van der Waals surface area contributed by atoms with Gasteiger partial charge in [0.05, 0.1) is 24.2 Å². The summed E-state index contributed by atoms with van der Waals surface area (Å²) < 4.78 is 12.2. The van der Waals surface area contributed by atoms with Crippen LogP contribution in [0.25, 0.3) is 11.1 Å². The second kappa shape index (κ2) is 8.54. The third-order valence-corrected chi connectivity index (χ3v) is 5.05. The molecule has 4 rings (SSSR count). The smallest absolute Gasteiger partial charge is 0.337 e. The van der Waals surface area contributed by atoms with Gasteiger partial charge in [0.2, 0.25) is 5.91 Å². The highest BCUT2D eigenvalue weighted by atomic mass is 35.5. The lowest BCUT2D eigenvalue weighted by Gasteiger charge is -2.12. The van der Waals surface area contributed by atoms with Gasteiger partial charge in [-0.3, -0.25) is 4.79 Å². The summed E-state index contributed by atoms with van der Waals surface area (Å²) in [6, 6.07) is 11.0. The van der Waals surface area contributed by atoms with Gasteiger partial charge < -0.3 is 14.8 Å². The quantitative estimate of drug-likeness (QED) is 0.608. The number of nitrogens with one attached hydrogen (secondary N) is 1. The minimum absolute atomic E-state index is 0.0983. The van der Waals surface area contributed by atoms with E-state index in [2.05, 4.69) is 15.4 Å². The zero-order valence-corrected chi connectivity index (χ0v) is 16.9. The van der Waals surface area contributed by atoms with E-state index in [1.165, 1.54) is 24.4 Å². The summed E-state index contributed by atoms with van der Waals surface area (Å²) in [7, 11) is 1.35. The molecule has 8 nitrogen and oxygen atoms in total. The van der Waals surface area contributed by atoms with Crippen molar-refractivity contribution in [1.29, 1.82) is 0 Å². The van der Waals surface area contributed by atoms with Crippen molar-refractivity contribution >= 4 is 23.5 Å². The molecular formula is C21H19ClN4O4. The number of carbonyl (C=O) groups is 2. The van der Waals surface area contributed by atoms with Crippen LogP contribution in [0.2, 0.25) is 5.02 Å². The third kappa shape index (κ3) is 4.28. The highest BCUT2D eigenvalue weighted by molar-refractivity contribution is 6.32. The molecule has 0 fully saturated rings. The maximum absolute atomic E-state index is 12.0. The van der Waals surface area contributed by atoms with E-state index in [9.17, 15) is 9.59 Å². The molecule has 1 aromatic heterocycles. The van der Waals surface area contributed by atoms with E-state index in [4.69, 9.17) is 21.1 Å². The lowest BCUT2D eigenvalue weighted by atomic mass is 9.99. The number of methoxy groups -OCH3 is 1. The number of halogens is 1. The number of hydrogen-bond donors (Lipinski definition) is 1. The van der Waals surface area contributed by atoms with Gasteiger partial charge in [0.15, 0.2) is 0 Å². The maximum Gasteiger partial charge on any atom is 0.337 e. The number of nitrogens with zero attached hydrogens (tertiary/aromatic N) is 3. The molecule has 0 saturated carbocycles. The number of ether oxygens (including phenoxy) is 2. The summed E-state index contributed by atoms with van der Waals surface area (Å²) in [4.78, 5) is 27.7. The monoisotopic (exact) mass is 426 g/mol. The van der Waals surface area contributed by atoms with Crippen molar-refractivity contribution < 1.29 is 19.1 Å². The molecule has 3 aromatic rings. The van der Waals surface area contributed by atoms with Crippen LogP contribution < -0.4 is 10.1 Å². The van der Waals surface area contributed by atoms with E-state index in [-0.39, 0.29) is 18.6 Å². The van der Waals surface area contributed by atoms with Crippen molar-refractivity contribution in [3.05, 3.63) is 65.2 Å². The van der Waals surface area contributed by atoms with Gasteiger partial charge in [-0.05, 0) is 35.4 Å². The summed E-state index contributed by atoms with van der Waals surface area (Å²) in [6.07, 6.45) is 3.26. The van der Waals surface area contributed by atoms with Gasteiger partial charge in [-0.15, -0.1) is 0 Å². The summed E-state index contributed by atoms with van der Waals surface area (Å²) in [5.41, 5.74) is 3.16. The Morgan fingerprint density at radius 2 is 2.17 bits per heavy atom. The molecule has 0 bridgehead atoms. The Bertz CT molecular complexity index is 1080. The van der Waals surface area contributed by atoms with Crippen LogP contribution in [-0.2, 0) is 22.5 Å². The lowest BCUT2D eigenvalue weighted by molar-refractivity contribution is -0.122.